The fraction of sp³-hybridized carbons (Fsp3) is 0.0625. The van der Waals surface area contributed by atoms with Gasteiger partial charge in [-0.3, -0.25) is 4.79 Å². The predicted molar refractivity (Wildman–Crippen MR) is 89.7 cm³/mol. The van der Waals surface area contributed by atoms with Crippen LogP contribution in [0.4, 0.5) is 5.82 Å². The van der Waals surface area contributed by atoms with Crippen LogP contribution in [0.1, 0.15) is 5.56 Å². The van der Waals surface area contributed by atoms with E-state index >= 15 is 0 Å². The maximum atomic E-state index is 12.0. The molecule has 3 rings (SSSR count). The molecule has 0 bridgehead atoms. The number of carbonyl (C=O) groups is 1. The maximum Gasteiger partial charge on any atom is 0.264 e. The molecule has 7 heteroatoms. The molecule has 1 aromatic heterocycles. The van der Waals surface area contributed by atoms with Crippen LogP contribution in [0.5, 0.6) is 11.5 Å². The zero-order chi connectivity index (χ0) is 16.2. The van der Waals surface area contributed by atoms with E-state index in [1.165, 1.54) is 24.9 Å². The quantitative estimate of drug-likeness (QED) is 0.847. The number of ether oxygens (including phenoxy) is 1. The molecule has 6 nitrogen and oxygen atoms in total. The van der Waals surface area contributed by atoms with Crippen molar-refractivity contribution in [2.75, 3.05) is 7.11 Å². The van der Waals surface area contributed by atoms with Gasteiger partial charge < -0.3 is 15.2 Å². The lowest BCUT2D eigenvalue weighted by atomic mass is 10.2. The number of aliphatic imine (C=N–C) groups is 1. The van der Waals surface area contributed by atoms with Gasteiger partial charge in [-0.15, -0.1) is 0 Å². The first kappa shape index (κ1) is 15.1. The van der Waals surface area contributed by atoms with Crippen molar-refractivity contribution in [3.8, 4) is 11.5 Å². The van der Waals surface area contributed by atoms with E-state index in [0.29, 0.717) is 21.6 Å². The van der Waals surface area contributed by atoms with Crippen LogP contribution in [0.2, 0.25) is 0 Å². The highest BCUT2D eigenvalue weighted by Gasteiger charge is 2.24. The third-order valence-electron chi connectivity index (χ3n) is 3.02. The Bertz CT molecular complexity index is 803. The van der Waals surface area contributed by atoms with Crippen LogP contribution in [-0.2, 0) is 4.79 Å². The number of aromatic hydroxyl groups is 1. The Balaban J connectivity index is 1.84. The van der Waals surface area contributed by atoms with E-state index in [2.05, 4.69) is 15.3 Å². The molecule has 0 atom stereocenters. The second kappa shape index (κ2) is 6.53. The summed E-state index contributed by atoms with van der Waals surface area (Å²) in [6.07, 6.45) is 3.35. The molecule has 2 heterocycles. The van der Waals surface area contributed by atoms with E-state index in [9.17, 15) is 9.90 Å². The number of rotatable bonds is 3. The van der Waals surface area contributed by atoms with Gasteiger partial charge in [0.2, 0.25) is 0 Å². The molecule has 0 spiro atoms. The van der Waals surface area contributed by atoms with Gasteiger partial charge in [-0.1, -0.05) is 12.1 Å². The topological polar surface area (TPSA) is 83.8 Å². The van der Waals surface area contributed by atoms with Crippen molar-refractivity contribution in [3.63, 3.8) is 0 Å². The van der Waals surface area contributed by atoms with Gasteiger partial charge in [-0.25, -0.2) is 9.98 Å². The molecule has 23 heavy (non-hydrogen) atoms. The minimum atomic E-state index is -0.225. The second-order valence-corrected chi connectivity index (χ2v) is 5.63. The predicted octanol–water partition coefficient (Wildman–Crippen LogP) is 2.69. The number of nitrogens with one attached hydrogen (secondary N) is 1. The summed E-state index contributed by atoms with van der Waals surface area (Å²) < 4.78 is 5.06. The first-order valence-electron chi connectivity index (χ1n) is 6.73. The van der Waals surface area contributed by atoms with E-state index in [-0.39, 0.29) is 11.7 Å². The largest absolute Gasteiger partial charge is 0.504 e. The van der Waals surface area contributed by atoms with Crippen molar-refractivity contribution in [3.05, 3.63) is 53.1 Å². The highest BCUT2D eigenvalue weighted by Crippen LogP contribution is 2.31. The van der Waals surface area contributed by atoms with Crippen LogP contribution in [0.3, 0.4) is 0 Å². The van der Waals surface area contributed by atoms with Crippen LogP contribution in [0, 0.1) is 0 Å². The molecule has 1 fully saturated rings. The van der Waals surface area contributed by atoms with Crippen molar-refractivity contribution >= 4 is 34.7 Å². The van der Waals surface area contributed by atoms with Gasteiger partial charge in [0.25, 0.3) is 5.91 Å². The van der Waals surface area contributed by atoms with Gasteiger partial charge in [0.1, 0.15) is 0 Å². The van der Waals surface area contributed by atoms with Crippen molar-refractivity contribution in [1.29, 1.82) is 0 Å². The normalized spacial score (nSPS) is 17.5. The first-order valence-corrected chi connectivity index (χ1v) is 7.55. The van der Waals surface area contributed by atoms with Gasteiger partial charge in [-0.05, 0) is 47.7 Å². The van der Waals surface area contributed by atoms with E-state index < -0.39 is 0 Å². The Labute approximate surface area is 136 Å². The molecule has 2 aromatic rings. The minimum Gasteiger partial charge on any atom is -0.504 e. The molecular formula is C16H13N3O3S. The number of phenolic OH excluding ortho intramolecular Hbond substituents is 1. The zero-order valence-electron chi connectivity index (χ0n) is 12.2. The van der Waals surface area contributed by atoms with E-state index in [1.807, 2.05) is 6.07 Å². The molecule has 1 aromatic carbocycles. The van der Waals surface area contributed by atoms with Crippen molar-refractivity contribution in [2.45, 2.75) is 0 Å². The van der Waals surface area contributed by atoms with E-state index in [4.69, 9.17) is 4.74 Å². The number of nitrogens with zero attached hydrogens (tertiary/aromatic N) is 2. The highest BCUT2D eigenvalue weighted by molar-refractivity contribution is 8.18. The minimum absolute atomic E-state index is 0.0515. The number of methoxy groups -OCH3 is 1. The Hall–Kier alpha value is -2.80. The summed E-state index contributed by atoms with van der Waals surface area (Å²) in [4.78, 5) is 20.9. The van der Waals surface area contributed by atoms with Crippen molar-refractivity contribution < 1.29 is 14.6 Å². The average molecular weight is 327 g/mol. The summed E-state index contributed by atoms with van der Waals surface area (Å²) in [6, 6.07) is 10.3. The molecule has 116 valence electrons. The number of amidine groups is 1. The average Bonchev–Trinajstić information content (AvgIpc) is 2.89. The molecule has 1 aliphatic rings. The Morgan fingerprint density at radius 2 is 2.22 bits per heavy atom. The summed E-state index contributed by atoms with van der Waals surface area (Å²) in [6.45, 7) is 0. The van der Waals surface area contributed by atoms with Gasteiger partial charge in [0.05, 0.1) is 12.0 Å². The Kier molecular flexibility index (Phi) is 4.29. The molecule has 0 aliphatic carbocycles. The SMILES string of the molecule is COc1cc(/C=C2/S/C(=N\c3ccccn3)NC2=O)ccc1O. The molecular weight excluding hydrogens is 314 g/mol. The number of aromatic nitrogens is 1. The summed E-state index contributed by atoms with van der Waals surface area (Å²) in [7, 11) is 1.47. The number of phenols is 1. The third kappa shape index (κ3) is 3.51. The highest BCUT2D eigenvalue weighted by atomic mass is 32.2. The molecule has 2 N–H and O–H groups in total. The number of hydrogen-bond acceptors (Lipinski definition) is 6. The number of hydrogen-bond donors (Lipinski definition) is 2. The van der Waals surface area contributed by atoms with Crippen LogP contribution in [0.25, 0.3) is 6.08 Å². The van der Waals surface area contributed by atoms with E-state index in [1.54, 1.807) is 36.5 Å². The number of pyridine rings is 1. The molecule has 1 aliphatic heterocycles. The number of thioether (sulfide) groups is 1. The molecule has 1 amide bonds. The van der Waals surface area contributed by atoms with Gasteiger partial charge in [-0.2, -0.15) is 0 Å². The maximum absolute atomic E-state index is 12.0. The summed E-state index contributed by atoms with van der Waals surface area (Å²) in [5.74, 6) is 0.709. The lowest BCUT2D eigenvalue weighted by molar-refractivity contribution is -0.115. The van der Waals surface area contributed by atoms with E-state index in [0.717, 1.165) is 5.56 Å². The monoisotopic (exact) mass is 327 g/mol. The Morgan fingerprint density at radius 1 is 1.35 bits per heavy atom. The second-order valence-electron chi connectivity index (χ2n) is 4.60. The van der Waals surface area contributed by atoms with Crippen LogP contribution >= 0.6 is 11.8 Å². The first-order chi connectivity index (χ1) is 11.2. The summed E-state index contributed by atoms with van der Waals surface area (Å²) in [5, 5.41) is 12.8. The van der Waals surface area contributed by atoms with Crippen LogP contribution < -0.4 is 10.1 Å². The van der Waals surface area contributed by atoms with Gasteiger partial charge in [0, 0.05) is 6.20 Å². The summed E-state index contributed by atoms with van der Waals surface area (Å²) >= 11 is 1.23. The smallest absolute Gasteiger partial charge is 0.264 e. The molecule has 0 radical (unpaired) electrons. The van der Waals surface area contributed by atoms with Crippen LogP contribution in [0.15, 0.2) is 52.5 Å². The lowest BCUT2D eigenvalue weighted by Crippen LogP contribution is -2.19. The molecule has 0 unspecified atom stereocenters. The Morgan fingerprint density at radius 3 is 2.96 bits per heavy atom. The van der Waals surface area contributed by atoms with Crippen molar-refractivity contribution in [2.24, 2.45) is 4.99 Å². The third-order valence-corrected chi connectivity index (χ3v) is 3.93. The fourth-order valence-electron chi connectivity index (χ4n) is 1.94. The number of carbonyl (C=O) groups excluding carboxylic acids is 1. The number of benzene rings is 1. The number of amides is 1. The van der Waals surface area contributed by atoms with Gasteiger partial charge >= 0.3 is 0 Å². The molecule has 1 saturated heterocycles. The summed E-state index contributed by atoms with van der Waals surface area (Å²) in [5.41, 5.74) is 0.747. The van der Waals surface area contributed by atoms with Crippen molar-refractivity contribution in [1.82, 2.24) is 10.3 Å². The van der Waals surface area contributed by atoms with Crippen LogP contribution in [-0.4, -0.2) is 28.3 Å². The zero-order valence-corrected chi connectivity index (χ0v) is 13.0. The molecule has 0 saturated carbocycles. The lowest BCUT2D eigenvalue weighted by Gasteiger charge is -2.03. The van der Waals surface area contributed by atoms with Gasteiger partial charge in [0.15, 0.2) is 22.5 Å². The fourth-order valence-corrected chi connectivity index (χ4v) is 2.77. The standard InChI is InChI=1S/C16H13N3O3S/c1-22-12-8-10(5-6-11(12)20)9-13-15(21)19-16(23-13)18-14-4-2-3-7-17-14/h2-9,20H,1H3,(H,17,18,19,21)/b13-9+.